The lowest BCUT2D eigenvalue weighted by molar-refractivity contribution is -0.148. The summed E-state index contributed by atoms with van der Waals surface area (Å²) in [5, 5.41) is 9.68. The number of aliphatic carboxylic acids is 1. The van der Waals surface area contributed by atoms with E-state index in [0.29, 0.717) is 24.0 Å². The molecule has 3 rings (SSSR count). The molecule has 0 radical (unpaired) electrons. The number of nitrogens with zero attached hydrogens (tertiary/aromatic N) is 2. The highest BCUT2D eigenvalue weighted by Gasteiger charge is 2.59. The third-order valence-electron chi connectivity index (χ3n) is 4.55. The standard InChI is InChI=1S/C13H17ClN2O4S2/c1-22(19,20)16-5-9-4-15(6-10-2-3-11(14)21-10)7-13(9,8-16)12(17)18/h2-3,9H,4-8H2,1H3,(H,17,18). The van der Waals surface area contributed by atoms with Crippen LogP contribution in [0.4, 0.5) is 0 Å². The molecule has 2 aliphatic heterocycles. The number of halogens is 1. The molecule has 2 unspecified atom stereocenters. The third kappa shape index (κ3) is 2.78. The van der Waals surface area contributed by atoms with E-state index in [0.717, 1.165) is 11.1 Å². The summed E-state index contributed by atoms with van der Waals surface area (Å²) in [6.07, 6.45) is 1.13. The predicted octanol–water partition coefficient (Wildman–Crippen LogP) is 1.18. The smallest absolute Gasteiger partial charge is 0.312 e. The molecule has 2 atom stereocenters. The Balaban J connectivity index is 1.78. The number of hydrogen-bond donors (Lipinski definition) is 1. The van der Waals surface area contributed by atoms with Crippen molar-refractivity contribution in [3.8, 4) is 0 Å². The Hall–Kier alpha value is -0.670. The molecule has 6 nitrogen and oxygen atoms in total. The normalized spacial score (nSPS) is 29.8. The maximum atomic E-state index is 11.8. The van der Waals surface area contributed by atoms with Crippen molar-refractivity contribution in [1.29, 1.82) is 0 Å². The fraction of sp³-hybridized carbons (Fsp3) is 0.615. The van der Waals surface area contributed by atoms with Crippen molar-refractivity contribution in [3.63, 3.8) is 0 Å². The molecule has 122 valence electrons. The average molecular weight is 365 g/mol. The van der Waals surface area contributed by atoms with Gasteiger partial charge in [-0.05, 0) is 12.1 Å². The van der Waals surface area contributed by atoms with Gasteiger partial charge in [0.2, 0.25) is 10.0 Å². The molecule has 2 aliphatic rings. The molecule has 1 N–H and O–H groups in total. The number of likely N-dealkylation sites (tertiary alicyclic amines) is 1. The highest BCUT2D eigenvalue weighted by Crippen LogP contribution is 2.44. The van der Waals surface area contributed by atoms with Crippen molar-refractivity contribution in [2.45, 2.75) is 6.54 Å². The van der Waals surface area contributed by atoms with Gasteiger partial charge in [-0.15, -0.1) is 11.3 Å². The Bertz CT molecular complexity index is 705. The fourth-order valence-corrected chi connectivity index (χ4v) is 5.50. The van der Waals surface area contributed by atoms with Gasteiger partial charge in [0.25, 0.3) is 0 Å². The first-order valence-electron chi connectivity index (χ1n) is 6.86. The van der Waals surface area contributed by atoms with Crippen LogP contribution in [0.15, 0.2) is 12.1 Å². The lowest BCUT2D eigenvalue weighted by Gasteiger charge is -2.24. The highest BCUT2D eigenvalue weighted by molar-refractivity contribution is 7.88. The van der Waals surface area contributed by atoms with E-state index < -0.39 is 21.4 Å². The van der Waals surface area contributed by atoms with E-state index in [2.05, 4.69) is 4.90 Å². The number of carbonyl (C=O) groups is 1. The number of fused-ring (bicyclic) bond motifs is 1. The zero-order valence-electron chi connectivity index (χ0n) is 12.0. The predicted molar refractivity (Wildman–Crippen MR) is 84.6 cm³/mol. The second-order valence-electron chi connectivity index (χ2n) is 6.09. The van der Waals surface area contributed by atoms with Crippen molar-refractivity contribution in [3.05, 3.63) is 21.3 Å². The summed E-state index contributed by atoms with van der Waals surface area (Å²) in [5.74, 6) is -1.08. The summed E-state index contributed by atoms with van der Waals surface area (Å²) >= 11 is 7.41. The van der Waals surface area contributed by atoms with Gasteiger partial charge in [-0.1, -0.05) is 11.6 Å². The van der Waals surface area contributed by atoms with Crippen LogP contribution in [-0.4, -0.2) is 61.1 Å². The number of hydrogen-bond acceptors (Lipinski definition) is 5. The van der Waals surface area contributed by atoms with Crippen molar-refractivity contribution in [1.82, 2.24) is 9.21 Å². The molecule has 2 fully saturated rings. The molecular formula is C13H17ClN2O4S2. The van der Waals surface area contributed by atoms with Gasteiger partial charge < -0.3 is 5.11 Å². The van der Waals surface area contributed by atoms with Crippen LogP contribution >= 0.6 is 22.9 Å². The van der Waals surface area contributed by atoms with Crippen molar-refractivity contribution in [2.24, 2.45) is 11.3 Å². The zero-order valence-corrected chi connectivity index (χ0v) is 14.4. The van der Waals surface area contributed by atoms with Gasteiger partial charge in [-0.25, -0.2) is 12.7 Å². The molecule has 0 amide bonds. The Labute approximate surface area is 138 Å². The first kappa shape index (κ1) is 16.2. The van der Waals surface area contributed by atoms with Crippen LogP contribution in [0.25, 0.3) is 0 Å². The summed E-state index contributed by atoms with van der Waals surface area (Å²) < 4.78 is 25.4. The van der Waals surface area contributed by atoms with E-state index in [-0.39, 0.29) is 19.0 Å². The van der Waals surface area contributed by atoms with E-state index in [1.807, 2.05) is 12.1 Å². The van der Waals surface area contributed by atoms with Crippen LogP contribution < -0.4 is 0 Å². The average Bonchev–Trinajstić information content (AvgIpc) is 3.01. The number of carboxylic acids is 1. The Morgan fingerprint density at radius 1 is 1.45 bits per heavy atom. The lowest BCUT2D eigenvalue weighted by Crippen LogP contribution is -2.41. The highest BCUT2D eigenvalue weighted by atomic mass is 35.5. The van der Waals surface area contributed by atoms with E-state index in [1.54, 1.807) is 0 Å². The first-order chi connectivity index (χ1) is 10.2. The maximum Gasteiger partial charge on any atom is 0.312 e. The van der Waals surface area contributed by atoms with Crippen LogP contribution in [0.2, 0.25) is 4.34 Å². The third-order valence-corrected chi connectivity index (χ3v) is 6.98. The Kier molecular flexibility index (Phi) is 4.01. The zero-order chi connectivity index (χ0) is 16.1. The van der Waals surface area contributed by atoms with Crippen molar-refractivity contribution in [2.75, 3.05) is 32.4 Å². The molecule has 22 heavy (non-hydrogen) atoms. The number of carboxylic acid groups (broad SMARTS) is 1. The minimum absolute atomic E-state index is 0.0630. The molecule has 9 heteroatoms. The van der Waals surface area contributed by atoms with Gasteiger partial charge in [-0.3, -0.25) is 9.69 Å². The van der Waals surface area contributed by atoms with Gasteiger partial charge in [0.15, 0.2) is 0 Å². The molecule has 0 spiro atoms. The van der Waals surface area contributed by atoms with Crippen LogP contribution in [0.3, 0.4) is 0 Å². The van der Waals surface area contributed by atoms with Gasteiger partial charge in [0, 0.05) is 43.5 Å². The number of sulfonamides is 1. The van der Waals surface area contributed by atoms with Crippen LogP contribution in [0.5, 0.6) is 0 Å². The summed E-state index contributed by atoms with van der Waals surface area (Å²) in [4.78, 5) is 15.0. The first-order valence-corrected chi connectivity index (χ1v) is 9.90. The molecule has 0 aromatic carbocycles. The minimum atomic E-state index is -3.35. The van der Waals surface area contributed by atoms with Gasteiger partial charge in [-0.2, -0.15) is 0 Å². The summed E-state index contributed by atoms with van der Waals surface area (Å²) in [5.41, 5.74) is -0.996. The largest absolute Gasteiger partial charge is 0.481 e. The van der Waals surface area contributed by atoms with Gasteiger partial charge >= 0.3 is 5.97 Å². The molecular weight excluding hydrogens is 348 g/mol. The topological polar surface area (TPSA) is 77.9 Å². The van der Waals surface area contributed by atoms with Crippen molar-refractivity contribution < 1.29 is 18.3 Å². The van der Waals surface area contributed by atoms with Gasteiger partial charge in [0.1, 0.15) is 0 Å². The maximum absolute atomic E-state index is 11.8. The minimum Gasteiger partial charge on any atom is -0.481 e. The molecule has 1 aromatic heterocycles. The van der Waals surface area contributed by atoms with E-state index >= 15 is 0 Å². The molecule has 0 saturated carbocycles. The molecule has 0 bridgehead atoms. The summed E-state index contributed by atoms with van der Waals surface area (Å²) in [6, 6.07) is 3.77. The van der Waals surface area contributed by atoms with Crippen LogP contribution in [-0.2, 0) is 21.4 Å². The van der Waals surface area contributed by atoms with Gasteiger partial charge in [0.05, 0.1) is 16.0 Å². The SMILES string of the molecule is CS(=O)(=O)N1CC2CN(Cc3ccc(Cl)s3)CC2(C(=O)O)C1. The lowest BCUT2D eigenvalue weighted by atomic mass is 9.81. The summed E-state index contributed by atoms with van der Waals surface area (Å²) in [7, 11) is -3.35. The molecule has 0 aliphatic carbocycles. The fourth-order valence-electron chi connectivity index (χ4n) is 3.46. The van der Waals surface area contributed by atoms with E-state index in [1.165, 1.54) is 15.6 Å². The second kappa shape index (κ2) is 5.45. The number of thiophene rings is 1. The Morgan fingerprint density at radius 2 is 2.18 bits per heavy atom. The van der Waals surface area contributed by atoms with Crippen molar-refractivity contribution >= 4 is 38.9 Å². The van der Waals surface area contributed by atoms with Crippen LogP contribution in [0.1, 0.15) is 4.88 Å². The molecule has 1 aromatic rings. The molecule has 3 heterocycles. The van der Waals surface area contributed by atoms with E-state index in [9.17, 15) is 18.3 Å². The summed E-state index contributed by atoms with van der Waals surface area (Å²) in [6.45, 7) is 1.96. The second-order valence-corrected chi connectivity index (χ2v) is 9.87. The number of rotatable bonds is 4. The quantitative estimate of drug-likeness (QED) is 0.868. The molecule has 2 saturated heterocycles. The van der Waals surface area contributed by atoms with Crippen LogP contribution in [0, 0.1) is 11.3 Å². The van der Waals surface area contributed by atoms with E-state index in [4.69, 9.17) is 11.6 Å². The Morgan fingerprint density at radius 3 is 2.68 bits per heavy atom. The monoisotopic (exact) mass is 364 g/mol.